The number of halogens is 1. The summed E-state index contributed by atoms with van der Waals surface area (Å²) in [5, 5.41) is 8.41. The lowest BCUT2D eigenvalue weighted by atomic mass is 10.2. The Bertz CT molecular complexity index is 37.1. The van der Waals surface area contributed by atoms with Crippen LogP contribution in [0.15, 0.2) is 0 Å². The zero-order chi connectivity index (χ0) is 5.70. The summed E-state index contributed by atoms with van der Waals surface area (Å²) in [5.41, 5.74) is 0. The topological polar surface area (TPSA) is 20.2 Å². The Morgan fingerprint density at radius 2 is 2.29 bits per heavy atom. The quantitative estimate of drug-likeness (QED) is 0.566. The molecule has 0 spiro atoms. The van der Waals surface area contributed by atoms with E-state index >= 15 is 0 Å². The van der Waals surface area contributed by atoms with Gasteiger partial charge in [0.15, 0.2) is 0 Å². The molecule has 1 unspecified atom stereocenters. The Morgan fingerprint density at radius 1 is 1.71 bits per heavy atom. The lowest BCUT2D eigenvalue weighted by Gasteiger charge is -1.96. The molecule has 0 saturated heterocycles. The van der Waals surface area contributed by atoms with Gasteiger partial charge in [0.25, 0.3) is 0 Å². The minimum Gasteiger partial charge on any atom is -0.393 e. The number of aliphatic hydroxyl groups is 1. The van der Waals surface area contributed by atoms with Gasteiger partial charge in [-0.05, 0) is 19.8 Å². The van der Waals surface area contributed by atoms with Gasteiger partial charge < -0.3 is 5.11 Å². The third-order valence-electron chi connectivity index (χ3n) is 0.671. The second-order valence-electron chi connectivity index (χ2n) is 1.49. The molecule has 0 fully saturated rings. The molecule has 0 saturated carbocycles. The van der Waals surface area contributed by atoms with Crippen molar-refractivity contribution in [2.45, 2.75) is 18.9 Å². The summed E-state index contributed by atoms with van der Waals surface area (Å²) in [5.74, 6) is 0. The minimum atomic E-state index is -0.587. The van der Waals surface area contributed by atoms with Gasteiger partial charge in [0.05, 0.1) is 12.8 Å². The number of hydrogen-bond acceptors (Lipinski definition) is 1. The molecule has 0 amide bonds. The summed E-state index contributed by atoms with van der Waals surface area (Å²) in [6.07, 6.45) is 0.303. The van der Waals surface area contributed by atoms with Gasteiger partial charge in [-0.25, -0.2) is 0 Å². The van der Waals surface area contributed by atoms with Crippen molar-refractivity contribution in [3.05, 3.63) is 6.92 Å². The van der Waals surface area contributed by atoms with Crippen molar-refractivity contribution in [2.75, 3.05) is 6.67 Å². The summed E-state index contributed by atoms with van der Waals surface area (Å²) in [7, 11) is 0. The highest BCUT2D eigenvalue weighted by Crippen LogP contribution is 1.93. The Kier molecular flexibility index (Phi) is 4.00. The van der Waals surface area contributed by atoms with Crippen LogP contribution in [0.5, 0.6) is 0 Å². The van der Waals surface area contributed by atoms with E-state index in [0.717, 1.165) is 0 Å². The first-order valence-corrected chi connectivity index (χ1v) is 2.34. The predicted octanol–water partition coefficient (Wildman–Crippen LogP) is 0.931. The monoisotopic (exact) mass is 105 g/mol. The van der Waals surface area contributed by atoms with Crippen molar-refractivity contribution < 1.29 is 9.50 Å². The van der Waals surface area contributed by atoms with E-state index < -0.39 is 6.10 Å². The second-order valence-corrected chi connectivity index (χ2v) is 1.49. The maximum Gasteiger partial charge on any atom is 0.0895 e. The fraction of sp³-hybridized carbons (Fsp3) is 0.800. The Hall–Kier alpha value is -0.110. The van der Waals surface area contributed by atoms with E-state index in [9.17, 15) is 4.39 Å². The van der Waals surface area contributed by atoms with Gasteiger partial charge in [-0.2, -0.15) is 0 Å². The third-order valence-corrected chi connectivity index (χ3v) is 0.671. The molecule has 1 nitrogen and oxygen atoms in total. The van der Waals surface area contributed by atoms with Gasteiger partial charge in [0.2, 0.25) is 0 Å². The van der Waals surface area contributed by atoms with E-state index in [1.54, 1.807) is 0 Å². The van der Waals surface area contributed by atoms with Gasteiger partial charge in [0.1, 0.15) is 0 Å². The van der Waals surface area contributed by atoms with Crippen molar-refractivity contribution in [2.24, 2.45) is 0 Å². The van der Waals surface area contributed by atoms with Crippen LogP contribution < -0.4 is 0 Å². The molecule has 0 aromatic rings. The Balaban J connectivity index is 2.68. The fourth-order valence-electron chi connectivity index (χ4n) is 0.313. The molecule has 0 heterocycles. The first kappa shape index (κ1) is 6.89. The molecule has 0 aromatic heterocycles. The first-order valence-electron chi connectivity index (χ1n) is 2.34. The van der Waals surface area contributed by atoms with E-state index in [1.807, 2.05) is 0 Å². The van der Waals surface area contributed by atoms with Gasteiger partial charge >= 0.3 is 0 Å². The molecule has 7 heavy (non-hydrogen) atoms. The van der Waals surface area contributed by atoms with Gasteiger partial charge in [-0.3, -0.25) is 4.39 Å². The normalized spacial score (nSPS) is 14.1. The molecule has 0 rings (SSSR count). The van der Waals surface area contributed by atoms with Crippen LogP contribution in [0, 0.1) is 6.92 Å². The van der Waals surface area contributed by atoms with Crippen LogP contribution in [0.3, 0.4) is 0 Å². The highest BCUT2D eigenvalue weighted by Gasteiger charge is 1.91. The molecule has 0 aromatic carbocycles. The van der Waals surface area contributed by atoms with Crippen LogP contribution in [-0.2, 0) is 0 Å². The molecule has 0 aliphatic carbocycles. The fourth-order valence-corrected chi connectivity index (χ4v) is 0.313. The molecule has 1 atom stereocenters. The molecule has 2 heteroatoms. The summed E-state index contributed by atoms with van der Waals surface area (Å²) >= 11 is 0. The van der Waals surface area contributed by atoms with Crippen molar-refractivity contribution >= 4 is 0 Å². The van der Waals surface area contributed by atoms with Gasteiger partial charge in [-0.1, -0.05) is 0 Å². The predicted molar refractivity (Wildman–Crippen MR) is 26.6 cm³/mol. The average molecular weight is 105 g/mol. The van der Waals surface area contributed by atoms with Crippen molar-refractivity contribution in [1.82, 2.24) is 0 Å². The summed E-state index contributed by atoms with van der Waals surface area (Å²) in [6.45, 7) is 2.91. The second kappa shape index (κ2) is 4.06. The molecule has 1 N–H and O–H groups in total. The average Bonchev–Trinajstić information content (AvgIpc) is 1.61. The van der Waals surface area contributed by atoms with Crippen molar-refractivity contribution in [3.63, 3.8) is 0 Å². The highest BCUT2D eigenvalue weighted by atomic mass is 19.1. The number of aliphatic hydroxyl groups excluding tert-OH is 1. The molecular formula is C5H10FO. The van der Waals surface area contributed by atoms with Gasteiger partial charge in [0, 0.05) is 0 Å². The summed E-state index contributed by atoms with van der Waals surface area (Å²) < 4.78 is 11.2. The number of rotatable bonds is 3. The summed E-state index contributed by atoms with van der Waals surface area (Å²) in [4.78, 5) is 0. The molecule has 1 radical (unpaired) electrons. The van der Waals surface area contributed by atoms with Crippen LogP contribution >= 0.6 is 0 Å². The maximum atomic E-state index is 11.2. The van der Waals surface area contributed by atoms with Crippen LogP contribution in [-0.4, -0.2) is 17.9 Å². The van der Waals surface area contributed by atoms with Crippen LogP contribution in [0.1, 0.15) is 12.8 Å². The van der Waals surface area contributed by atoms with Crippen LogP contribution in [0.4, 0.5) is 4.39 Å². The third kappa shape index (κ3) is 5.89. The van der Waals surface area contributed by atoms with E-state index in [-0.39, 0.29) is 6.67 Å². The standard InChI is InChI=1S/C5H10FO/c1-5(7)3-2-4-6/h5,7H,1-4H2. The zero-order valence-corrected chi connectivity index (χ0v) is 4.23. The molecule has 0 aliphatic heterocycles. The largest absolute Gasteiger partial charge is 0.393 e. The Morgan fingerprint density at radius 3 is 2.43 bits per heavy atom. The zero-order valence-electron chi connectivity index (χ0n) is 4.23. The van der Waals surface area contributed by atoms with E-state index in [2.05, 4.69) is 6.92 Å². The SMILES string of the molecule is [CH2]C(O)CCCF. The molecule has 0 bridgehead atoms. The Labute approximate surface area is 43.2 Å². The smallest absolute Gasteiger partial charge is 0.0895 e. The first-order chi connectivity index (χ1) is 3.27. The van der Waals surface area contributed by atoms with E-state index in [0.29, 0.717) is 12.8 Å². The van der Waals surface area contributed by atoms with E-state index in [1.165, 1.54) is 0 Å². The van der Waals surface area contributed by atoms with Crippen LogP contribution in [0.2, 0.25) is 0 Å². The number of hydrogen-bond donors (Lipinski definition) is 1. The minimum absolute atomic E-state index is 0.355. The van der Waals surface area contributed by atoms with Gasteiger partial charge in [-0.15, -0.1) is 0 Å². The van der Waals surface area contributed by atoms with Crippen LogP contribution in [0.25, 0.3) is 0 Å². The maximum absolute atomic E-state index is 11.2. The highest BCUT2D eigenvalue weighted by molar-refractivity contribution is 4.54. The molecular weight excluding hydrogens is 95.1 g/mol. The summed E-state index contributed by atoms with van der Waals surface area (Å²) in [6, 6.07) is 0. The lowest BCUT2D eigenvalue weighted by molar-refractivity contribution is 0.202. The number of alkyl halides is 1. The van der Waals surface area contributed by atoms with Crippen molar-refractivity contribution in [3.8, 4) is 0 Å². The van der Waals surface area contributed by atoms with E-state index in [4.69, 9.17) is 5.11 Å². The lowest BCUT2D eigenvalue weighted by Crippen LogP contribution is -1.98. The molecule has 43 valence electrons. The van der Waals surface area contributed by atoms with Crippen molar-refractivity contribution in [1.29, 1.82) is 0 Å². The molecule has 0 aliphatic rings.